The largest absolute Gasteiger partial charge is 0.357 e. The van der Waals surface area contributed by atoms with E-state index in [2.05, 4.69) is 40.7 Å². The van der Waals surface area contributed by atoms with Crippen LogP contribution in [-0.2, 0) is 11.3 Å². The summed E-state index contributed by atoms with van der Waals surface area (Å²) in [7, 11) is 0. The third-order valence-corrected chi connectivity index (χ3v) is 3.96. The highest BCUT2D eigenvalue weighted by Crippen LogP contribution is 2.08. The number of hydrogen-bond acceptors (Lipinski definition) is 2. The van der Waals surface area contributed by atoms with Gasteiger partial charge in [0.1, 0.15) is 0 Å². The molecule has 0 aliphatic carbocycles. The highest BCUT2D eigenvalue weighted by atomic mass is 16.2. The van der Waals surface area contributed by atoms with E-state index in [1.807, 2.05) is 17.9 Å². The first-order valence-corrected chi connectivity index (χ1v) is 8.54. The van der Waals surface area contributed by atoms with Crippen LogP contribution in [0.1, 0.15) is 37.3 Å². The molecular formula is C18H28N4O. The van der Waals surface area contributed by atoms with Crippen molar-refractivity contribution < 1.29 is 4.79 Å². The standard InChI is InChI=1S/C18H28N4O/c1-3-19-18(20-13-16-9-7-8-15(2)12-16)21-14-17(23)22-10-5-4-6-11-22/h7-9,12H,3-6,10-11,13-14H2,1-2H3,(H2,19,20,21). The number of guanidine groups is 1. The van der Waals surface area contributed by atoms with Crippen molar-refractivity contribution in [2.75, 3.05) is 26.2 Å². The second kappa shape index (κ2) is 9.18. The van der Waals surface area contributed by atoms with Crippen molar-refractivity contribution in [1.29, 1.82) is 0 Å². The minimum Gasteiger partial charge on any atom is -0.357 e. The molecule has 1 saturated heterocycles. The Bertz CT molecular complexity index is 536. The van der Waals surface area contributed by atoms with Crippen LogP contribution in [0.25, 0.3) is 0 Å². The zero-order chi connectivity index (χ0) is 16.5. The summed E-state index contributed by atoms with van der Waals surface area (Å²) < 4.78 is 0. The van der Waals surface area contributed by atoms with Gasteiger partial charge in [0.05, 0.1) is 13.1 Å². The molecule has 0 bridgehead atoms. The number of piperidine rings is 1. The van der Waals surface area contributed by atoms with E-state index in [9.17, 15) is 4.79 Å². The van der Waals surface area contributed by atoms with Crippen molar-refractivity contribution in [3.8, 4) is 0 Å². The maximum atomic E-state index is 12.2. The molecule has 0 spiro atoms. The summed E-state index contributed by atoms with van der Waals surface area (Å²) in [5, 5.41) is 6.34. The number of carbonyl (C=O) groups is 1. The van der Waals surface area contributed by atoms with Gasteiger partial charge in [0.2, 0.25) is 5.91 Å². The second-order valence-corrected chi connectivity index (χ2v) is 5.98. The van der Waals surface area contributed by atoms with Gasteiger partial charge in [-0.2, -0.15) is 0 Å². The fourth-order valence-corrected chi connectivity index (χ4v) is 2.74. The summed E-state index contributed by atoms with van der Waals surface area (Å²) in [6, 6.07) is 8.32. The number of rotatable bonds is 5. The molecule has 1 fully saturated rings. The van der Waals surface area contributed by atoms with Crippen molar-refractivity contribution >= 4 is 11.9 Å². The van der Waals surface area contributed by atoms with Crippen LogP contribution in [0.3, 0.4) is 0 Å². The first-order chi connectivity index (χ1) is 11.2. The van der Waals surface area contributed by atoms with Gasteiger partial charge in [-0.3, -0.25) is 4.79 Å². The van der Waals surface area contributed by atoms with Crippen LogP contribution < -0.4 is 10.6 Å². The maximum absolute atomic E-state index is 12.2. The van der Waals surface area contributed by atoms with Gasteiger partial charge in [0, 0.05) is 19.6 Å². The molecular weight excluding hydrogens is 288 g/mol. The normalized spacial score (nSPS) is 15.4. The van der Waals surface area contributed by atoms with Gasteiger partial charge in [-0.05, 0) is 38.7 Å². The SMILES string of the molecule is CCNC(=NCc1cccc(C)c1)NCC(=O)N1CCCCC1. The molecule has 2 N–H and O–H groups in total. The van der Waals surface area contributed by atoms with E-state index in [1.165, 1.54) is 17.5 Å². The van der Waals surface area contributed by atoms with E-state index in [4.69, 9.17) is 0 Å². The lowest BCUT2D eigenvalue weighted by Gasteiger charge is -2.27. The average Bonchev–Trinajstić information content (AvgIpc) is 2.58. The maximum Gasteiger partial charge on any atom is 0.241 e. The molecule has 5 nitrogen and oxygen atoms in total. The molecule has 1 heterocycles. The van der Waals surface area contributed by atoms with Crippen molar-refractivity contribution in [2.24, 2.45) is 4.99 Å². The van der Waals surface area contributed by atoms with Crippen LogP contribution in [-0.4, -0.2) is 42.9 Å². The number of hydrogen-bond donors (Lipinski definition) is 2. The summed E-state index contributed by atoms with van der Waals surface area (Å²) in [5.41, 5.74) is 2.40. The molecule has 0 radical (unpaired) electrons. The number of aliphatic imine (C=N–C) groups is 1. The van der Waals surface area contributed by atoms with Crippen molar-refractivity contribution in [1.82, 2.24) is 15.5 Å². The first kappa shape index (κ1) is 17.3. The van der Waals surface area contributed by atoms with Gasteiger partial charge in [0.25, 0.3) is 0 Å². The molecule has 126 valence electrons. The molecule has 0 aromatic heterocycles. The van der Waals surface area contributed by atoms with Crippen molar-refractivity contribution in [2.45, 2.75) is 39.7 Å². The Hall–Kier alpha value is -2.04. The number of benzene rings is 1. The summed E-state index contributed by atoms with van der Waals surface area (Å²) in [6.07, 6.45) is 3.47. The summed E-state index contributed by atoms with van der Waals surface area (Å²) >= 11 is 0. The molecule has 1 amide bonds. The van der Waals surface area contributed by atoms with E-state index in [1.54, 1.807) is 0 Å². The Labute approximate surface area is 139 Å². The van der Waals surface area contributed by atoms with Gasteiger partial charge in [-0.1, -0.05) is 29.8 Å². The Morgan fingerprint density at radius 3 is 2.70 bits per heavy atom. The Morgan fingerprint density at radius 1 is 1.22 bits per heavy atom. The molecule has 0 saturated carbocycles. The topological polar surface area (TPSA) is 56.7 Å². The number of carbonyl (C=O) groups excluding carboxylic acids is 1. The highest BCUT2D eigenvalue weighted by molar-refractivity contribution is 5.86. The number of aryl methyl sites for hydroxylation is 1. The molecule has 1 aromatic carbocycles. The lowest BCUT2D eigenvalue weighted by molar-refractivity contribution is -0.130. The van der Waals surface area contributed by atoms with Crippen LogP contribution in [0.2, 0.25) is 0 Å². The lowest BCUT2D eigenvalue weighted by Crippen LogP contribution is -2.46. The van der Waals surface area contributed by atoms with Crippen LogP contribution in [0.4, 0.5) is 0 Å². The Balaban J connectivity index is 1.87. The summed E-state index contributed by atoms with van der Waals surface area (Å²) in [4.78, 5) is 18.7. The Morgan fingerprint density at radius 2 is 2.00 bits per heavy atom. The van der Waals surface area contributed by atoms with Crippen LogP contribution in [0, 0.1) is 6.92 Å². The highest BCUT2D eigenvalue weighted by Gasteiger charge is 2.16. The third kappa shape index (κ3) is 5.93. The quantitative estimate of drug-likeness (QED) is 0.646. The molecule has 1 aliphatic rings. The molecule has 1 aliphatic heterocycles. The van der Waals surface area contributed by atoms with E-state index >= 15 is 0 Å². The van der Waals surface area contributed by atoms with Gasteiger partial charge in [-0.15, -0.1) is 0 Å². The number of amides is 1. The number of nitrogens with one attached hydrogen (secondary N) is 2. The molecule has 0 unspecified atom stereocenters. The fraction of sp³-hybridized carbons (Fsp3) is 0.556. The predicted octanol–water partition coefficient (Wildman–Crippen LogP) is 2.06. The van der Waals surface area contributed by atoms with Gasteiger partial charge in [0.15, 0.2) is 5.96 Å². The van der Waals surface area contributed by atoms with Gasteiger partial charge < -0.3 is 15.5 Å². The molecule has 1 aromatic rings. The zero-order valence-corrected chi connectivity index (χ0v) is 14.3. The fourth-order valence-electron chi connectivity index (χ4n) is 2.74. The first-order valence-electron chi connectivity index (χ1n) is 8.54. The van der Waals surface area contributed by atoms with Crippen LogP contribution >= 0.6 is 0 Å². The molecule has 23 heavy (non-hydrogen) atoms. The van der Waals surface area contributed by atoms with Crippen LogP contribution in [0.15, 0.2) is 29.3 Å². The van der Waals surface area contributed by atoms with Crippen molar-refractivity contribution in [3.05, 3.63) is 35.4 Å². The Kier molecular flexibility index (Phi) is 6.91. The van der Waals surface area contributed by atoms with E-state index < -0.39 is 0 Å². The second-order valence-electron chi connectivity index (χ2n) is 5.98. The molecule has 0 atom stereocenters. The third-order valence-electron chi connectivity index (χ3n) is 3.96. The monoisotopic (exact) mass is 316 g/mol. The lowest BCUT2D eigenvalue weighted by atomic mass is 10.1. The minimum atomic E-state index is 0.158. The number of likely N-dealkylation sites (tertiary alicyclic amines) is 1. The predicted molar refractivity (Wildman–Crippen MR) is 94.4 cm³/mol. The van der Waals surface area contributed by atoms with E-state index in [-0.39, 0.29) is 5.91 Å². The van der Waals surface area contributed by atoms with Crippen molar-refractivity contribution in [3.63, 3.8) is 0 Å². The smallest absolute Gasteiger partial charge is 0.241 e. The summed E-state index contributed by atoms with van der Waals surface area (Å²) in [6.45, 7) is 7.56. The average molecular weight is 316 g/mol. The number of nitrogens with zero attached hydrogens (tertiary/aromatic N) is 2. The molecule has 5 heteroatoms. The van der Waals surface area contributed by atoms with E-state index in [0.717, 1.165) is 32.5 Å². The van der Waals surface area contributed by atoms with Gasteiger partial charge in [-0.25, -0.2) is 4.99 Å². The zero-order valence-electron chi connectivity index (χ0n) is 14.3. The molecule has 2 rings (SSSR count). The van der Waals surface area contributed by atoms with Crippen LogP contribution in [0.5, 0.6) is 0 Å². The van der Waals surface area contributed by atoms with Gasteiger partial charge >= 0.3 is 0 Å². The minimum absolute atomic E-state index is 0.158. The van der Waals surface area contributed by atoms with E-state index in [0.29, 0.717) is 19.0 Å². The summed E-state index contributed by atoms with van der Waals surface area (Å²) in [5.74, 6) is 0.852.